The molecule has 1 aliphatic heterocycles. The lowest BCUT2D eigenvalue weighted by Crippen LogP contribution is -2.32. The molecule has 1 aliphatic rings. The smallest absolute Gasteiger partial charge is 0.0237 e. The molecule has 0 aliphatic carbocycles. The van der Waals surface area contributed by atoms with Crippen LogP contribution in [0.15, 0.2) is 24.3 Å². The summed E-state index contributed by atoms with van der Waals surface area (Å²) in [6, 6.07) is 9.80. The van der Waals surface area contributed by atoms with Gasteiger partial charge in [0.1, 0.15) is 0 Å². The summed E-state index contributed by atoms with van der Waals surface area (Å²) in [5.41, 5.74) is 2.88. The van der Waals surface area contributed by atoms with Gasteiger partial charge in [-0.2, -0.15) is 0 Å². The highest BCUT2D eigenvalue weighted by atomic mass is 79.9. The zero-order valence-electron chi connectivity index (χ0n) is 10.8. The molecule has 0 bridgehead atoms. The van der Waals surface area contributed by atoms with Gasteiger partial charge in [0.2, 0.25) is 0 Å². The van der Waals surface area contributed by atoms with Crippen LogP contribution in [0.25, 0.3) is 0 Å². The largest absolute Gasteiger partial charge is 0.295 e. The first-order valence-corrected chi connectivity index (χ1v) is 7.74. The van der Waals surface area contributed by atoms with E-state index in [-0.39, 0.29) is 0 Å². The standard InChI is InChI=1S/C15H22BrN/c1-3-13-4-6-14(7-5-13)11-17-9-8-12(2)15(17)10-16/h4-7,12,15H,3,8-11H2,1-2H3. The van der Waals surface area contributed by atoms with Crippen molar-refractivity contribution in [3.63, 3.8) is 0 Å². The minimum absolute atomic E-state index is 0.709. The Kier molecular flexibility index (Phi) is 4.63. The Morgan fingerprint density at radius 1 is 1.24 bits per heavy atom. The van der Waals surface area contributed by atoms with Gasteiger partial charge in [0.25, 0.3) is 0 Å². The van der Waals surface area contributed by atoms with E-state index >= 15 is 0 Å². The summed E-state index contributed by atoms with van der Waals surface area (Å²) in [5, 5.41) is 1.10. The Bertz CT molecular complexity index is 346. The second-order valence-electron chi connectivity index (χ2n) is 5.13. The molecule has 2 atom stereocenters. The van der Waals surface area contributed by atoms with Crippen molar-refractivity contribution in [2.45, 2.75) is 39.3 Å². The van der Waals surface area contributed by atoms with Crippen molar-refractivity contribution in [1.82, 2.24) is 4.90 Å². The summed E-state index contributed by atoms with van der Waals surface area (Å²) in [7, 11) is 0. The molecule has 0 aromatic heterocycles. The molecule has 0 radical (unpaired) electrons. The summed E-state index contributed by atoms with van der Waals surface area (Å²) in [5.74, 6) is 0.823. The average Bonchev–Trinajstić information content (AvgIpc) is 2.71. The van der Waals surface area contributed by atoms with Crippen LogP contribution in [0, 0.1) is 5.92 Å². The Morgan fingerprint density at radius 3 is 2.47 bits per heavy atom. The van der Waals surface area contributed by atoms with Crippen LogP contribution in [0.2, 0.25) is 0 Å². The summed E-state index contributed by atoms with van der Waals surface area (Å²) in [6.07, 6.45) is 2.47. The second-order valence-corrected chi connectivity index (χ2v) is 5.78. The molecule has 0 N–H and O–H groups in total. The zero-order valence-corrected chi connectivity index (χ0v) is 12.4. The lowest BCUT2D eigenvalue weighted by molar-refractivity contribution is 0.244. The van der Waals surface area contributed by atoms with E-state index in [1.165, 1.54) is 24.1 Å². The summed E-state index contributed by atoms with van der Waals surface area (Å²) in [6.45, 7) is 6.92. The van der Waals surface area contributed by atoms with Gasteiger partial charge in [-0.05, 0) is 36.4 Å². The third-order valence-electron chi connectivity index (χ3n) is 3.97. The summed E-state index contributed by atoms with van der Waals surface area (Å²) < 4.78 is 0. The highest BCUT2D eigenvalue weighted by Gasteiger charge is 2.29. The van der Waals surface area contributed by atoms with Gasteiger partial charge >= 0.3 is 0 Å². The van der Waals surface area contributed by atoms with Gasteiger partial charge < -0.3 is 0 Å². The fraction of sp³-hybridized carbons (Fsp3) is 0.600. The van der Waals surface area contributed by atoms with E-state index in [4.69, 9.17) is 0 Å². The fourth-order valence-electron chi connectivity index (χ4n) is 2.65. The molecule has 1 nitrogen and oxygen atoms in total. The van der Waals surface area contributed by atoms with Crippen molar-refractivity contribution in [2.75, 3.05) is 11.9 Å². The van der Waals surface area contributed by atoms with E-state index in [0.717, 1.165) is 24.2 Å². The van der Waals surface area contributed by atoms with E-state index in [9.17, 15) is 0 Å². The van der Waals surface area contributed by atoms with Crippen LogP contribution in [0.3, 0.4) is 0 Å². The van der Waals surface area contributed by atoms with Crippen molar-refractivity contribution in [2.24, 2.45) is 5.92 Å². The SMILES string of the molecule is CCc1ccc(CN2CCC(C)C2CBr)cc1. The maximum atomic E-state index is 3.65. The van der Waals surface area contributed by atoms with Crippen molar-refractivity contribution in [3.8, 4) is 0 Å². The molecule has 17 heavy (non-hydrogen) atoms. The molecule has 1 aromatic carbocycles. The maximum absolute atomic E-state index is 3.65. The summed E-state index contributed by atoms with van der Waals surface area (Å²) in [4.78, 5) is 2.61. The van der Waals surface area contributed by atoms with Crippen LogP contribution in [-0.2, 0) is 13.0 Å². The molecule has 0 amide bonds. The first-order chi connectivity index (χ1) is 8.24. The minimum Gasteiger partial charge on any atom is -0.295 e. The molecule has 0 spiro atoms. The topological polar surface area (TPSA) is 3.24 Å². The first kappa shape index (κ1) is 13.1. The molecule has 2 unspecified atom stereocenters. The molecular weight excluding hydrogens is 274 g/mol. The molecule has 1 fully saturated rings. The quantitative estimate of drug-likeness (QED) is 0.763. The molecule has 2 rings (SSSR count). The van der Waals surface area contributed by atoms with E-state index in [2.05, 4.69) is 58.9 Å². The van der Waals surface area contributed by atoms with Crippen LogP contribution in [-0.4, -0.2) is 22.8 Å². The third kappa shape index (κ3) is 3.11. The number of likely N-dealkylation sites (tertiary alicyclic amines) is 1. The first-order valence-electron chi connectivity index (χ1n) is 6.62. The predicted molar refractivity (Wildman–Crippen MR) is 77.6 cm³/mol. The van der Waals surface area contributed by atoms with Crippen molar-refractivity contribution >= 4 is 15.9 Å². The zero-order chi connectivity index (χ0) is 12.3. The number of hydrogen-bond donors (Lipinski definition) is 0. The Labute approximate surface area is 113 Å². The minimum atomic E-state index is 0.709. The van der Waals surface area contributed by atoms with Crippen LogP contribution < -0.4 is 0 Å². The molecule has 1 heterocycles. The molecule has 2 heteroatoms. The molecule has 94 valence electrons. The molecule has 1 saturated heterocycles. The van der Waals surface area contributed by atoms with Gasteiger partial charge in [-0.25, -0.2) is 0 Å². The lowest BCUT2D eigenvalue weighted by Gasteiger charge is -2.25. The number of halogens is 1. The van der Waals surface area contributed by atoms with Gasteiger partial charge in [0, 0.05) is 17.9 Å². The van der Waals surface area contributed by atoms with Crippen LogP contribution in [0.4, 0.5) is 0 Å². The van der Waals surface area contributed by atoms with E-state index in [0.29, 0.717) is 6.04 Å². The monoisotopic (exact) mass is 295 g/mol. The Morgan fingerprint density at radius 2 is 1.88 bits per heavy atom. The van der Waals surface area contributed by atoms with Crippen molar-refractivity contribution in [3.05, 3.63) is 35.4 Å². The van der Waals surface area contributed by atoms with Gasteiger partial charge in [-0.3, -0.25) is 4.90 Å². The molecule has 0 saturated carbocycles. The number of alkyl halides is 1. The van der Waals surface area contributed by atoms with Crippen LogP contribution in [0.5, 0.6) is 0 Å². The van der Waals surface area contributed by atoms with Crippen molar-refractivity contribution < 1.29 is 0 Å². The van der Waals surface area contributed by atoms with Crippen LogP contribution in [0.1, 0.15) is 31.4 Å². The number of rotatable bonds is 4. The van der Waals surface area contributed by atoms with Gasteiger partial charge in [0.05, 0.1) is 0 Å². The van der Waals surface area contributed by atoms with Crippen LogP contribution >= 0.6 is 15.9 Å². The number of benzene rings is 1. The van der Waals surface area contributed by atoms with Gasteiger partial charge in [0.15, 0.2) is 0 Å². The third-order valence-corrected chi connectivity index (χ3v) is 4.64. The van der Waals surface area contributed by atoms with E-state index < -0.39 is 0 Å². The van der Waals surface area contributed by atoms with Gasteiger partial charge in [-0.15, -0.1) is 0 Å². The Balaban J connectivity index is 2.00. The number of hydrogen-bond acceptors (Lipinski definition) is 1. The highest BCUT2D eigenvalue weighted by molar-refractivity contribution is 9.09. The summed E-state index contributed by atoms with van der Waals surface area (Å²) >= 11 is 3.65. The number of nitrogens with zero attached hydrogens (tertiary/aromatic N) is 1. The average molecular weight is 296 g/mol. The van der Waals surface area contributed by atoms with E-state index in [1.54, 1.807) is 0 Å². The molecular formula is C15H22BrN. The lowest BCUT2D eigenvalue weighted by atomic mass is 10.0. The van der Waals surface area contributed by atoms with Crippen molar-refractivity contribution in [1.29, 1.82) is 0 Å². The molecule has 1 aromatic rings. The normalized spacial score (nSPS) is 25.4. The van der Waals surface area contributed by atoms with E-state index in [1.807, 2.05) is 0 Å². The van der Waals surface area contributed by atoms with Gasteiger partial charge in [-0.1, -0.05) is 54.0 Å². The second kappa shape index (κ2) is 6.01. The highest BCUT2D eigenvalue weighted by Crippen LogP contribution is 2.26. The fourth-order valence-corrected chi connectivity index (χ4v) is 3.70. The maximum Gasteiger partial charge on any atom is 0.0237 e. The Hall–Kier alpha value is -0.340. The number of aryl methyl sites for hydroxylation is 1. The predicted octanol–water partition coefficient (Wildman–Crippen LogP) is 3.85.